The van der Waals surface area contributed by atoms with Crippen LogP contribution in [0.15, 0.2) is 0 Å². The molecule has 3 N–H and O–H groups in total. The highest BCUT2D eigenvalue weighted by molar-refractivity contribution is 4.33. The first-order valence-corrected chi connectivity index (χ1v) is 1.68. The highest BCUT2D eigenvalue weighted by Crippen LogP contribution is 1.72. The summed E-state index contributed by atoms with van der Waals surface area (Å²) in [6.45, 7) is 0. The molecule has 0 saturated heterocycles. The summed E-state index contributed by atoms with van der Waals surface area (Å²) in [5, 5.41) is 19.5. The van der Waals surface area contributed by atoms with Crippen LogP contribution in [-0.4, -0.2) is 17.6 Å². The third-order valence-corrected chi connectivity index (χ3v) is 0.318. The molecule has 0 aliphatic rings. The summed E-state index contributed by atoms with van der Waals surface area (Å²) in [7, 11) is 1.07. The summed E-state index contributed by atoms with van der Waals surface area (Å²) in [5.41, 5.74) is 1.60. The highest BCUT2D eigenvalue weighted by Gasteiger charge is 1.80. The number of hydrazine groups is 2. The zero-order valence-corrected chi connectivity index (χ0v) is 4.20. The van der Waals surface area contributed by atoms with E-state index in [1.54, 1.807) is 5.53 Å². The fraction of sp³-hybridized carbons (Fsp3) is 1.00. The minimum absolute atomic E-state index is 0.139. The van der Waals surface area contributed by atoms with Gasteiger partial charge in [0.2, 0.25) is 0 Å². The van der Waals surface area contributed by atoms with Gasteiger partial charge in [0.1, 0.15) is 0 Å². The average Bonchev–Trinajstić information content (AvgIpc) is 1.65. The van der Waals surface area contributed by atoms with Crippen LogP contribution in [0, 0.1) is 10.4 Å². The summed E-state index contributed by atoms with van der Waals surface area (Å²) in [5.74, 6) is 4.31. The molecule has 0 aromatic rings. The lowest BCUT2D eigenvalue weighted by Gasteiger charge is -2.33. The molecule has 0 radical (unpaired) electrons. The number of hydrogen-bond acceptors (Lipinski definition) is 7. The smallest absolute Gasteiger partial charge is 0.0107 e. The normalized spacial score (nSPS) is 11.2. The number of nitrogens with zero attached hydrogens (tertiary/aromatic N) is 2. The van der Waals surface area contributed by atoms with Crippen LogP contribution in [0.1, 0.15) is 0 Å². The monoisotopic (exact) mass is 122 g/mol. The molecule has 0 heterocycles. The van der Waals surface area contributed by atoms with E-state index >= 15 is 0 Å². The van der Waals surface area contributed by atoms with Gasteiger partial charge in [-0.3, -0.25) is 0 Å². The fourth-order valence-corrected chi connectivity index (χ4v) is 0.139. The second-order valence-corrected chi connectivity index (χ2v) is 0.960. The van der Waals surface area contributed by atoms with E-state index in [0.717, 1.165) is 7.05 Å². The van der Waals surface area contributed by atoms with E-state index < -0.39 is 0 Å². The lowest BCUT2D eigenvalue weighted by molar-refractivity contribution is -0.192. The summed E-state index contributed by atoms with van der Waals surface area (Å²) >= 11 is 0. The van der Waals surface area contributed by atoms with Crippen LogP contribution < -0.4 is 11.4 Å². The Kier molecular flexibility index (Phi) is 3.56. The zero-order valence-electron chi connectivity index (χ0n) is 4.20. The maximum absolute atomic E-state index is 9.84. The van der Waals surface area contributed by atoms with E-state index in [9.17, 15) is 10.4 Å². The summed E-state index contributed by atoms with van der Waals surface area (Å²) in [4.78, 5) is 3.49. The molecule has 0 atom stereocenters. The Labute approximate surface area is 45.6 Å². The zero-order chi connectivity index (χ0) is 6.57. The minimum atomic E-state index is -0.285. The van der Waals surface area contributed by atoms with Crippen LogP contribution >= 0.6 is 0 Å². The van der Waals surface area contributed by atoms with Crippen molar-refractivity contribution in [1.29, 1.82) is 0 Å². The largest absolute Gasteiger partial charge is 0.771 e. The predicted molar refractivity (Wildman–Crippen MR) is 24.7 cm³/mol. The van der Waals surface area contributed by atoms with E-state index in [1.807, 2.05) is 0 Å². The van der Waals surface area contributed by atoms with Crippen LogP contribution in [0.2, 0.25) is 0 Å². The average molecular weight is 122 g/mol. The van der Waals surface area contributed by atoms with Gasteiger partial charge < -0.3 is 15.6 Å². The second-order valence-electron chi connectivity index (χ2n) is 0.960. The molecule has 0 amide bonds. The first kappa shape index (κ1) is 7.72. The van der Waals surface area contributed by atoms with Crippen LogP contribution in [0.5, 0.6) is 0 Å². The van der Waals surface area contributed by atoms with Crippen LogP contribution in [-0.2, 0) is 4.94 Å². The van der Waals surface area contributed by atoms with Crippen LogP contribution in [0.4, 0.5) is 0 Å². The van der Waals surface area contributed by atoms with E-state index in [2.05, 4.69) is 10.8 Å². The third kappa shape index (κ3) is 3.89. The molecule has 0 spiro atoms. The molecule has 0 aromatic heterocycles. The predicted octanol–water partition coefficient (Wildman–Crippen LogP) is -1.56. The standard InChI is InChI=1S/CH6N4O3/c1-4(6)3-5(7)8-2/h3H,2H2,1H3/q-2. The Morgan fingerprint density at radius 3 is 2.25 bits per heavy atom. The van der Waals surface area contributed by atoms with Gasteiger partial charge >= 0.3 is 0 Å². The molecular weight excluding hydrogens is 116 g/mol. The number of hydroxylamine groups is 1. The van der Waals surface area contributed by atoms with Crippen molar-refractivity contribution in [2.75, 3.05) is 7.05 Å². The Morgan fingerprint density at radius 1 is 1.62 bits per heavy atom. The van der Waals surface area contributed by atoms with Gasteiger partial charge in [-0.25, -0.2) is 4.94 Å². The SMILES string of the molecule is CN([O-])NN([O-])ON. The Morgan fingerprint density at radius 2 is 2.12 bits per heavy atom. The van der Waals surface area contributed by atoms with Crippen LogP contribution in [0.25, 0.3) is 0 Å². The van der Waals surface area contributed by atoms with Gasteiger partial charge in [-0.05, 0) is 7.05 Å². The van der Waals surface area contributed by atoms with E-state index in [1.165, 1.54) is 0 Å². The quantitative estimate of drug-likeness (QED) is 0.436. The second kappa shape index (κ2) is 3.69. The van der Waals surface area contributed by atoms with E-state index in [0.29, 0.717) is 0 Å². The van der Waals surface area contributed by atoms with Crippen molar-refractivity contribution >= 4 is 0 Å². The maximum atomic E-state index is 9.84. The van der Waals surface area contributed by atoms with Crippen LogP contribution in [0.3, 0.4) is 0 Å². The van der Waals surface area contributed by atoms with Crippen molar-refractivity contribution in [2.24, 2.45) is 5.90 Å². The lowest BCUT2D eigenvalue weighted by atomic mass is 11.5. The molecule has 0 bridgehead atoms. The molecule has 0 fully saturated rings. The van der Waals surface area contributed by atoms with E-state index in [-0.39, 0.29) is 10.5 Å². The Bertz CT molecular complexity index is 57.2. The molecule has 0 rings (SSSR count). The molecule has 0 saturated carbocycles. The topological polar surface area (TPSA) is 99.9 Å². The molecule has 7 nitrogen and oxygen atoms in total. The molecule has 0 aliphatic heterocycles. The van der Waals surface area contributed by atoms with Crippen molar-refractivity contribution in [3.8, 4) is 0 Å². The molecule has 8 heavy (non-hydrogen) atoms. The first-order chi connectivity index (χ1) is 3.66. The van der Waals surface area contributed by atoms with Gasteiger partial charge in [0, 0.05) is 0 Å². The lowest BCUT2D eigenvalue weighted by Crippen LogP contribution is -2.42. The Hall–Kier alpha value is -0.280. The fourth-order valence-electron chi connectivity index (χ4n) is 0.139. The minimum Gasteiger partial charge on any atom is -0.771 e. The highest BCUT2D eigenvalue weighted by atomic mass is 17.0. The van der Waals surface area contributed by atoms with Crippen molar-refractivity contribution < 1.29 is 4.94 Å². The molecule has 0 aromatic carbocycles. The van der Waals surface area contributed by atoms with Gasteiger partial charge in [-0.2, -0.15) is 16.8 Å². The van der Waals surface area contributed by atoms with Gasteiger partial charge in [-0.15, -0.1) is 0 Å². The van der Waals surface area contributed by atoms with Crippen molar-refractivity contribution in [2.45, 2.75) is 0 Å². The van der Waals surface area contributed by atoms with Gasteiger partial charge in [0.05, 0.1) is 0 Å². The summed E-state index contributed by atoms with van der Waals surface area (Å²) in [6, 6.07) is 0. The van der Waals surface area contributed by atoms with Crippen molar-refractivity contribution in [1.82, 2.24) is 16.0 Å². The molecule has 0 aliphatic carbocycles. The summed E-state index contributed by atoms with van der Waals surface area (Å²) < 4.78 is 0. The van der Waals surface area contributed by atoms with Crippen molar-refractivity contribution in [3.05, 3.63) is 10.4 Å². The first-order valence-electron chi connectivity index (χ1n) is 1.68. The third-order valence-electron chi connectivity index (χ3n) is 0.318. The van der Waals surface area contributed by atoms with Gasteiger partial charge in [0.25, 0.3) is 0 Å². The number of nitrogens with two attached hydrogens (primary N) is 1. The maximum Gasteiger partial charge on any atom is -0.0107 e. The van der Waals surface area contributed by atoms with Gasteiger partial charge in [-0.1, -0.05) is 0 Å². The van der Waals surface area contributed by atoms with Crippen molar-refractivity contribution in [3.63, 3.8) is 0 Å². The number of hydrogen-bond donors (Lipinski definition) is 2. The number of rotatable bonds is 3. The molecular formula is CH6N4O3-2. The van der Waals surface area contributed by atoms with E-state index in [4.69, 9.17) is 0 Å². The summed E-state index contributed by atoms with van der Waals surface area (Å²) in [6.07, 6.45) is 0. The molecule has 7 heteroatoms. The Balaban J connectivity index is 3.10. The molecule has 0 unspecified atom stereocenters. The molecule has 50 valence electrons. The van der Waals surface area contributed by atoms with Gasteiger partial charge in [0.15, 0.2) is 0 Å². The number of nitrogens with one attached hydrogen (secondary N) is 1.